The lowest BCUT2D eigenvalue weighted by atomic mass is 9.77. The highest BCUT2D eigenvalue weighted by molar-refractivity contribution is 6.22. The second kappa shape index (κ2) is 11.3. The Morgan fingerprint density at radius 3 is 2.04 bits per heavy atom. The molecule has 3 heterocycles. The molecule has 0 N–H and O–H groups in total. The van der Waals surface area contributed by atoms with Gasteiger partial charge in [0.25, 0.3) is 0 Å². The maximum absolute atomic E-state index is 6.33. The van der Waals surface area contributed by atoms with Crippen LogP contribution in [0.2, 0.25) is 0 Å². The number of hydrogen-bond donors (Lipinski definition) is 0. The molecule has 1 aliphatic heterocycles. The molecule has 2 aromatic heterocycles. The summed E-state index contributed by atoms with van der Waals surface area (Å²) in [6.45, 7) is 4.74. The maximum Gasteiger partial charge on any atom is 0.203 e. The summed E-state index contributed by atoms with van der Waals surface area (Å²) in [5.74, 6) is 0. The number of furan rings is 1. The van der Waals surface area contributed by atoms with Crippen molar-refractivity contribution in [2.24, 2.45) is 4.99 Å². The van der Waals surface area contributed by atoms with Crippen LogP contribution in [0.25, 0.3) is 82.1 Å². The summed E-state index contributed by atoms with van der Waals surface area (Å²) in [5, 5.41) is 9.69. The fraction of sp³-hybridized carbons (Fsp3) is 0.0962. The lowest BCUT2D eigenvalue weighted by Gasteiger charge is -2.38. The second-order valence-corrected chi connectivity index (χ2v) is 16.0. The van der Waals surface area contributed by atoms with E-state index in [2.05, 4.69) is 182 Å². The summed E-state index contributed by atoms with van der Waals surface area (Å²) in [6.07, 6.45) is -0.340. The monoisotopic (exact) mass is 719 g/mol. The van der Waals surface area contributed by atoms with Crippen molar-refractivity contribution in [3.8, 4) is 11.1 Å². The Bertz CT molecular complexity index is 3360. The van der Waals surface area contributed by atoms with Crippen LogP contribution in [0.3, 0.4) is 0 Å². The molecule has 0 saturated carbocycles. The standard InChI is InChI=1S/C52H37N3O/c1-52(2)43-28-35(36-22-24-39-38-19-11-12-20-45(38)56-46(39)30-36)23-26-41(43)50-47(52)48(32-14-5-4-6-15-32)53-51(54(50)3)55-44-29-34-17-8-7-16-33(34)27-42(44)40-25-21-31-13-9-10-18-37(31)49(40)55/h4-30,51H,1-3H3. The molecule has 0 saturated heterocycles. The number of hydrogen-bond acceptors (Lipinski definition) is 3. The molecule has 0 fully saturated rings. The first kappa shape index (κ1) is 31.4. The molecule has 12 rings (SSSR count). The predicted octanol–water partition coefficient (Wildman–Crippen LogP) is 13.3. The van der Waals surface area contributed by atoms with E-state index in [-0.39, 0.29) is 11.7 Å². The third-order valence-corrected chi connectivity index (χ3v) is 12.5. The number of benzene rings is 8. The summed E-state index contributed by atoms with van der Waals surface area (Å²) in [4.78, 5) is 8.29. The average molecular weight is 720 g/mol. The Balaban J connectivity index is 1.09. The highest BCUT2D eigenvalue weighted by Gasteiger charge is 2.46. The Kier molecular flexibility index (Phi) is 6.35. The van der Waals surface area contributed by atoms with Gasteiger partial charge < -0.3 is 9.32 Å². The van der Waals surface area contributed by atoms with Gasteiger partial charge >= 0.3 is 0 Å². The molecular weight excluding hydrogens is 683 g/mol. The molecule has 2 aliphatic rings. The van der Waals surface area contributed by atoms with Gasteiger partial charge in [0.15, 0.2) is 0 Å². The van der Waals surface area contributed by atoms with E-state index in [1.165, 1.54) is 71.3 Å². The van der Waals surface area contributed by atoms with E-state index in [1.807, 2.05) is 12.1 Å². The Morgan fingerprint density at radius 2 is 1.20 bits per heavy atom. The average Bonchev–Trinajstić information content (AvgIpc) is 3.85. The molecule has 4 nitrogen and oxygen atoms in total. The van der Waals surface area contributed by atoms with Crippen LogP contribution in [0.5, 0.6) is 0 Å². The molecule has 8 aromatic carbocycles. The van der Waals surface area contributed by atoms with Crippen LogP contribution in [0, 0.1) is 0 Å². The number of aromatic nitrogens is 1. The predicted molar refractivity (Wildman–Crippen MR) is 233 cm³/mol. The zero-order valence-corrected chi connectivity index (χ0v) is 31.4. The SMILES string of the molecule is CN1C2=C(C(c3ccccc3)=NC1n1c3cc4ccccc4cc3c3ccc4ccccc4c31)C(C)(C)c1cc(-c3ccc4c(c3)oc3ccccc34)ccc12. The van der Waals surface area contributed by atoms with Crippen molar-refractivity contribution in [1.82, 2.24) is 9.47 Å². The fourth-order valence-electron chi connectivity index (χ4n) is 9.86. The van der Waals surface area contributed by atoms with E-state index in [0.717, 1.165) is 38.8 Å². The quantitative estimate of drug-likeness (QED) is 0.182. The molecule has 1 atom stereocenters. The van der Waals surface area contributed by atoms with Crippen LogP contribution in [-0.2, 0) is 5.41 Å². The van der Waals surface area contributed by atoms with Crippen molar-refractivity contribution in [3.05, 3.63) is 186 Å². The van der Waals surface area contributed by atoms with Crippen LogP contribution in [0.1, 0.15) is 36.8 Å². The van der Waals surface area contributed by atoms with E-state index in [9.17, 15) is 0 Å². The van der Waals surface area contributed by atoms with Crippen LogP contribution >= 0.6 is 0 Å². The summed E-state index contributed by atoms with van der Waals surface area (Å²) in [7, 11) is 2.24. The van der Waals surface area contributed by atoms with E-state index in [4.69, 9.17) is 9.41 Å². The van der Waals surface area contributed by atoms with E-state index < -0.39 is 0 Å². The molecule has 1 unspecified atom stereocenters. The number of para-hydroxylation sites is 1. The maximum atomic E-state index is 6.33. The Morgan fingerprint density at radius 1 is 0.536 bits per heavy atom. The first-order chi connectivity index (χ1) is 27.4. The van der Waals surface area contributed by atoms with Gasteiger partial charge in [0, 0.05) is 56.1 Å². The first-order valence-corrected chi connectivity index (χ1v) is 19.5. The van der Waals surface area contributed by atoms with Crippen LogP contribution in [0.4, 0.5) is 0 Å². The largest absolute Gasteiger partial charge is 0.456 e. The van der Waals surface area contributed by atoms with Gasteiger partial charge in [-0.05, 0) is 69.2 Å². The van der Waals surface area contributed by atoms with Gasteiger partial charge in [-0.1, -0.05) is 141 Å². The molecule has 0 spiro atoms. The van der Waals surface area contributed by atoms with Crippen LogP contribution in [0.15, 0.2) is 179 Å². The van der Waals surface area contributed by atoms with Gasteiger partial charge in [-0.3, -0.25) is 4.57 Å². The normalized spacial score (nSPS) is 16.4. The molecule has 1 aliphatic carbocycles. The number of fused-ring (bicyclic) bond motifs is 11. The van der Waals surface area contributed by atoms with Gasteiger partial charge in [-0.15, -0.1) is 0 Å². The first-order valence-electron chi connectivity index (χ1n) is 19.5. The number of nitrogens with zero attached hydrogens (tertiary/aromatic N) is 3. The van der Waals surface area contributed by atoms with Crippen molar-refractivity contribution in [2.45, 2.75) is 25.6 Å². The molecule has 0 bridgehead atoms. The molecule has 10 aromatic rings. The summed E-state index contributed by atoms with van der Waals surface area (Å²) in [5.41, 5.74) is 13.5. The smallest absolute Gasteiger partial charge is 0.203 e. The zero-order valence-electron chi connectivity index (χ0n) is 31.4. The lowest BCUT2D eigenvalue weighted by molar-refractivity contribution is 0.280. The van der Waals surface area contributed by atoms with Crippen molar-refractivity contribution >= 4 is 76.7 Å². The van der Waals surface area contributed by atoms with Crippen molar-refractivity contribution in [3.63, 3.8) is 0 Å². The Hall–Kier alpha value is -6.91. The molecule has 4 heteroatoms. The van der Waals surface area contributed by atoms with Crippen molar-refractivity contribution in [2.75, 3.05) is 7.05 Å². The topological polar surface area (TPSA) is 33.7 Å². The van der Waals surface area contributed by atoms with Gasteiger partial charge in [0.1, 0.15) is 11.2 Å². The minimum absolute atomic E-state index is 0.318. The van der Waals surface area contributed by atoms with Crippen molar-refractivity contribution in [1.29, 1.82) is 0 Å². The second-order valence-electron chi connectivity index (χ2n) is 16.0. The fourth-order valence-corrected chi connectivity index (χ4v) is 9.86. The van der Waals surface area contributed by atoms with Gasteiger partial charge in [-0.25, -0.2) is 4.99 Å². The molecule has 56 heavy (non-hydrogen) atoms. The van der Waals surface area contributed by atoms with Crippen molar-refractivity contribution < 1.29 is 4.42 Å². The summed E-state index contributed by atoms with van der Waals surface area (Å²) >= 11 is 0. The highest BCUT2D eigenvalue weighted by Crippen LogP contribution is 2.54. The number of allylic oxidation sites excluding steroid dienone is 1. The van der Waals surface area contributed by atoms with Crippen LogP contribution in [-0.4, -0.2) is 22.2 Å². The third-order valence-electron chi connectivity index (χ3n) is 12.5. The lowest BCUT2D eigenvalue weighted by Crippen LogP contribution is -2.35. The molecule has 0 amide bonds. The molecule has 0 radical (unpaired) electrons. The van der Waals surface area contributed by atoms with Gasteiger partial charge in [0.2, 0.25) is 6.29 Å². The van der Waals surface area contributed by atoms with Crippen LogP contribution < -0.4 is 0 Å². The molecule has 266 valence electrons. The van der Waals surface area contributed by atoms with Gasteiger partial charge in [-0.2, -0.15) is 0 Å². The third kappa shape index (κ3) is 4.27. The van der Waals surface area contributed by atoms with E-state index in [0.29, 0.717) is 0 Å². The summed E-state index contributed by atoms with van der Waals surface area (Å²) in [6, 6.07) is 59.5. The minimum atomic E-state index is -0.340. The Labute approximate surface area is 324 Å². The minimum Gasteiger partial charge on any atom is -0.456 e. The number of rotatable bonds is 3. The summed E-state index contributed by atoms with van der Waals surface area (Å²) < 4.78 is 8.84. The molecular formula is C52H37N3O. The van der Waals surface area contributed by atoms with Gasteiger partial charge in [0.05, 0.1) is 22.4 Å². The zero-order chi connectivity index (χ0) is 37.3. The number of aliphatic imine (C=N–C) groups is 1. The highest BCUT2D eigenvalue weighted by atomic mass is 16.3. The van der Waals surface area contributed by atoms with E-state index >= 15 is 0 Å². The van der Waals surface area contributed by atoms with E-state index in [1.54, 1.807) is 0 Å².